The van der Waals surface area contributed by atoms with Gasteiger partial charge in [-0.05, 0) is 49.9 Å². The number of rotatable bonds is 4. The number of nitrogens with zero attached hydrogens (tertiary/aromatic N) is 4. The minimum atomic E-state index is 0.804. The summed E-state index contributed by atoms with van der Waals surface area (Å²) in [6.45, 7) is 6.44. The van der Waals surface area contributed by atoms with Gasteiger partial charge in [-0.15, -0.1) is 0 Å². The highest BCUT2D eigenvalue weighted by atomic mass is 15.2. The predicted molar refractivity (Wildman–Crippen MR) is 101 cm³/mol. The zero-order valence-electron chi connectivity index (χ0n) is 15.1. The summed E-state index contributed by atoms with van der Waals surface area (Å²) in [4.78, 5) is 13.6. The fourth-order valence-corrected chi connectivity index (χ4v) is 3.01. The first-order valence-corrected chi connectivity index (χ1v) is 8.66. The van der Waals surface area contributed by atoms with Gasteiger partial charge in [-0.3, -0.25) is 0 Å². The van der Waals surface area contributed by atoms with Crippen LogP contribution in [0.3, 0.4) is 0 Å². The minimum Gasteiger partial charge on any atom is -0.378 e. The smallest absolute Gasteiger partial charge is 0.136 e. The number of aryl methyl sites for hydroxylation is 1. The summed E-state index contributed by atoms with van der Waals surface area (Å²) < 4.78 is 0. The van der Waals surface area contributed by atoms with Gasteiger partial charge in [0.05, 0.1) is 0 Å². The van der Waals surface area contributed by atoms with Crippen molar-refractivity contribution in [3.05, 3.63) is 36.2 Å². The Hall–Kier alpha value is -2.30. The van der Waals surface area contributed by atoms with Crippen LogP contribution in [0.5, 0.6) is 0 Å². The molecule has 5 nitrogen and oxygen atoms in total. The van der Waals surface area contributed by atoms with E-state index in [0.717, 1.165) is 42.2 Å². The van der Waals surface area contributed by atoms with E-state index in [0.29, 0.717) is 0 Å². The second-order valence-electron chi connectivity index (χ2n) is 6.89. The summed E-state index contributed by atoms with van der Waals surface area (Å²) in [5.41, 5.74) is 2.22. The van der Waals surface area contributed by atoms with Gasteiger partial charge >= 0.3 is 0 Å². The van der Waals surface area contributed by atoms with E-state index in [1.165, 1.54) is 18.5 Å². The van der Waals surface area contributed by atoms with Gasteiger partial charge < -0.3 is 15.1 Å². The van der Waals surface area contributed by atoms with Crippen LogP contribution in [0.25, 0.3) is 0 Å². The first kappa shape index (κ1) is 16.6. The Morgan fingerprint density at radius 3 is 2.38 bits per heavy atom. The lowest BCUT2D eigenvalue weighted by Crippen LogP contribution is -2.33. The Balaban J connectivity index is 1.76. The molecular weight excluding hydrogens is 298 g/mol. The van der Waals surface area contributed by atoms with E-state index in [1.54, 1.807) is 0 Å². The Bertz CT molecular complexity index is 673. The molecule has 5 heteroatoms. The van der Waals surface area contributed by atoms with Crippen molar-refractivity contribution in [2.45, 2.75) is 26.7 Å². The summed E-state index contributed by atoms with van der Waals surface area (Å²) in [5, 5.41) is 3.40. The number of nitrogens with one attached hydrogen (secondary N) is 1. The number of piperidine rings is 1. The van der Waals surface area contributed by atoms with Crippen molar-refractivity contribution in [1.82, 2.24) is 9.97 Å². The van der Waals surface area contributed by atoms with E-state index in [9.17, 15) is 0 Å². The van der Waals surface area contributed by atoms with Crippen molar-refractivity contribution in [2.75, 3.05) is 42.3 Å². The number of aromatic nitrogens is 2. The van der Waals surface area contributed by atoms with E-state index in [2.05, 4.69) is 62.3 Å². The molecular formula is C19H27N5. The van der Waals surface area contributed by atoms with Crippen LogP contribution in [0.15, 0.2) is 30.3 Å². The fraction of sp³-hybridized carbons (Fsp3) is 0.474. The molecule has 24 heavy (non-hydrogen) atoms. The van der Waals surface area contributed by atoms with Gasteiger partial charge in [0.15, 0.2) is 0 Å². The van der Waals surface area contributed by atoms with Crippen molar-refractivity contribution in [3.8, 4) is 0 Å². The second kappa shape index (κ2) is 7.07. The standard InChI is InChI=1S/C19H27N5/c1-14-9-11-24(12-10-14)19-13-18(20-15(2)21-19)22-16-5-7-17(8-6-16)23(3)4/h5-8,13-14H,9-12H2,1-4H3,(H,20,21,22). The molecule has 1 saturated heterocycles. The molecule has 3 rings (SSSR count). The number of hydrogen-bond donors (Lipinski definition) is 1. The molecule has 0 radical (unpaired) electrons. The molecule has 1 aliphatic heterocycles. The summed E-state index contributed by atoms with van der Waals surface area (Å²) in [6, 6.07) is 10.4. The van der Waals surface area contributed by atoms with Crippen molar-refractivity contribution in [1.29, 1.82) is 0 Å². The molecule has 0 spiro atoms. The van der Waals surface area contributed by atoms with Crippen LogP contribution in [0, 0.1) is 12.8 Å². The monoisotopic (exact) mass is 325 g/mol. The van der Waals surface area contributed by atoms with Crippen LogP contribution >= 0.6 is 0 Å². The maximum absolute atomic E-state index is 4.63. The lowest BCUT2D eigenvalue weighted by Gasteiger charge is -2.31. The summed E-state index contributed by atoms with van der Waals surface area (Å²) in [5.74, 6) is 3.51. The highest BCUT2D eigenvalue weighted by Crippen LogP contribution is 2.25. The van der Waals surface area contributed by atoms with Crippen LogP contribution in [0.4, 0.5) is 23.0 Å². The van der Waals surface area contributed by atoms with E-state index >= 15 is 0 Å². The molecule has 1 aliphatic rings. The van der Waals surface area contributed by atoms with Crippen LogP contribution in [0.2, 0.25) is 0 Å². The fourth-order valence-electron chi connectivity index (χ4n) is 3.01. The van der Waals surface area contributed by atoms with Gasteiger partial charge in [0.2, 0.25) is 0 Å². The maximum Gasteiger partial charge on any atom is 0.136 e. The molecule has 1 aromatic heterocycles. The van der Waals surface area contributed by atoms with Crippen LogP contribution in [-0.4, -0.2) is 37.2 Å². The molecule has 1 aromatic carbocycles. The van der Waals surface area contributed by atoms with Gasteiger partial charge in [0.1, 0.15) is 17.5 Å². The van der Waals surface area contributed by atoms with Crippen LogP contribution in [-0.2, 0) is 0 Å². The number of benzene rings is 1. The van der Waals surface area contributed by atoms with E-state index < -0.39 is 0 Å². The molecule has 2 heterocycles. The van der Waals surface area contributed by atoms with Gasteiger partial charge in [0, 0.05) is 44.6 Å². The van der Waals surface area contributed by atoms with Crippen LogP contribution in [0.1, 0.15) is 25.6 Å². The van der Waals surface area contributed by atoms with Gasteiger partial charge in [-0.25, -0.2) is 9.97 Å². The second-order valence-corrected chi connectivity index (χ2v) is 6.89. The normalized spacial score (nSPS) is 15.4. The van der Waals surface area contributed by atoms with E-state index in [1.807, 2.05) is 21.0 Å². The zero-order chi connectivity index (χ0) is 17.1. The van der Waals surface area contributed by atoms with Crippen molar-refractivity contribution >= 4 is 23.0 Å². The average molecular weight is 325 g/mol. The third kappa shape index (κ3) is 3.96. The van der Waals surface area contributed by atoms with E-state index in [-0.39, 0.29) is 0 Å². The molecule has 1 N–H and O–H groups in total. The topological polar surface area (TPSA) is 44.3 Å². The van der Waals surface area contributed by atoms with Crippen molar-refractivity contribution in [3.63, 3.8) is 0 Å². The predicted octanol–water partition coefficient (Wildman–Crippen LogP) is 3.83. The molecule has 0 aliphatic carbocycles. The molecule has 128 valence electrons. The van der Waals surface area contributed by atoms with Gasteiger partial charge in [-0.1, -0.05) is 6.92 Å². The average Bonchev–Trinajstić information content (AvgIpc) is 2.55. The summed E-state index contributed by atoms with van der Waals surface area (Å²) in [6.07, 6.45) is 2.47. The Labute approximate surface area is 144 Å². The summed E-state index contributed by atoms with van der Waals surface area (Å²) in [7, 11) is 4.09. The molecule has 0 unspecified atom stereocenters. The third-order valence-electron chi connectivity index (χ3n) is 4.59. The first-order valence-electron chi connectivity index (χ1n) is 8.66. The summed E-state index contributed by atoms with van der Waals surface area (Å²) >= 11 is 0. The highest BCUT2D eigenvalue weighted by molar-refractivity contribution is 5.62. The van der Waals surface area contributed by atoms with Gasteiger partial charge in [-0.2, -0.15) is 0 Å². The largest absolute Gasteiger partial charge is 0.378 e. The first-order chi connectivity index (χ1) is 11.5. The Kier molecular flexibility index (Phi) is 4.88. The SMILES string of the molecule is Cc1nc(Nc2ccc(N(C)C)cc2)cc(N2CCC(C)CC2)n1. The lowest BCUT2D eigenvalue weighted by atomic mass is 9.99. The maximum atomic E-state index is 4.63. The Morgan fingerprint density at radius 2 is 1.75 bits per heavy atom. The van der Waals surface area contributed by atoms with Crippen LogP contribution < -0.4 is 15.1 Å². The van der Waals surface area contributed by atoms with Crippen molar-refractivity contribution < 1.29 is 0 Å². The minimum absolute atomic E-state index is 0.804. The lowest BCUT2D eigenvalue weighted by molar-refractivity contribution is 0.436. The molecule has 1 fully saturated rings. The Morgan fingerprint density at radius 1 is 1.08 bits per heavy atom. The quantitative estimate of drug-likeness (QED) is 0.925. The van der Waals surface area contributed by atoms with E-state index in [4.69, 9.17) is 0 Å². The molecule has 0 saturated carbocycles. The molecule has 0 atom stereocenters. The zero-order valence-corrected chi connectivity index (χ0v) is 15.1. The van der Waals surface area contributed by atoms with Gasteiger partial charge in [0.25, 0.3) is 0 Å². The number of hydrogen-bond acceptors (Lipinski definition) is 5. The number of anilines is 4. The van der Waals surface area contributed by atoms with Crippen molar-refractivity contribution in [2.24, 2.45) is 5.92 Å². The highest BCUT2D eigenvalue weighted by Gasteiger charge is 2.18. The molecule has 0 amide bonds. The molecule has 0 bridgehead atoms. The third-order valence-corrected chi connectivity index (χ3v) is 4.59. The molecule has 2 aromatic rings.